The quantitative estimate of drug-likeness (QED) is 0.545. The van der Waals surface area contributed by atoms with Crippen LogP contribution in [-0.2, 0) is 5.54 Å². The summed E-state index contributed by atoms with van der Waals surface area (Å²) in [5.41, 5.74) is -1.57. The molecule has 0 fully saturated rings. The van der Waals surface area contributed by atoms with E-state index in [-0.39, 0.29) is 41.5 Å². The molecule has 0 bridgehead atoms. The van der Waals surface area contributed by atoms with E-state index < -0.39 is 34.9 Å². The molecule has 2 aromatic heterocycles. The van der Waals surface area contributed by atoms with Crippen molar-refractivity contribution in [3.8, 4) is 17.4 Å². The van der Waals surface area contributed by atoms with Crippen LogP contribution in [0.3, 0.4) is 0 Å². The number of alkyl halides is 3. The maximum Gasteiger partial charge on any atom is 0.573 e. The Morgan fingerprint density at radius 1 is 1.21 bits per heavy atom. The highest BCUT2D eigenvalue weighted by Crippen LogP contribution is 2.43. The lowest BCUT2D eigenvalue weighted by atomic mass is 9.81. The zero-order valence-corrected chi connectivity index (χ0v) is 17.5. The topological polar surface area (TPSA) is 103 Å². The number of carbonyl (C=O) groups is 1. The standard InChI is InChI=1S/C22H17F4N3O5/c1-32-18-7-5-16-19(28-18)21(8-9-33-16,29-20(31)12-2-6-17(30)27-11-12)13-3-4-15(14(23)10-13)34-22(24,25)26/h2-7,10-11H,8-9H2,1H3,(H,27,30)(H,29,31). The molecule has 0 aliphatic carbocycles. The number of halogens is 4. The summed E-state index contributed by atoms with van der Waals surface area (Å²) in [6.07, 6.45) is -3.82. The summed E-state index contributed by atoms with van der Waals surface area (Å²) in [5.74, 6) is -2.52. The number of nitrogens with zero attached hydrogens (tertiary/aromatic N) is 1. The van der Waals surface area contributed by atoms with Gasteiger partial charge in [-0.3, -0.25) is 9.59 Å². The van der Waals surface area contributed by atoms with Crippen LogP contribution in [0.1, 0.15) is 28.0 Å². The molecule has 4 rings (SSSR count). The van der Waals surface area contributed by atoms with E-state index in [2.05, 4.69) is 20.0 Å². The summed E-state index contributed by atoms with van der Waals surface area (Å²) < 4.78 is 67.0. The van der Waals surface area contributed by atoms with E-state index in [4.69, 9.17) is 9.47 Å². The molecule has 34 heavy (non-hydrogen) atoms. The highest BCUT2D eigenvalue weighted by atomic mass is 19.4. The van der Waals surface area contributed by atoms with Crippen LogP contribution >= 0.6 is 0 Å². The van der Waals surface area contributed by atoms with Gasteiger partial charge in [-0.2, -0.15) is 0 Å². The Labute approximate surface area is 189 Å². The number of hydrogen-bond acceptors (Lipinski definition) is 6. The van der Waals surface area contributed by atoms with Gasteiger partial charge in [0.2, 0.25) is 11.4 Å². The number of pyridine rings is 2. The van der Waals surface area contributed by atoms with Gasteiger partial charge in [-0.25, -0.2) is 9.37 Å². The number of hydrogen-bond donors (Lipinski definition) is 2. The summed E-state index contributed by atoms with van der Waals surface area (Å²) in [5, 5.41) is 2.80. The molecule has 3 heterocycles. The first-order valence-electron chi connectivity index (χ1n) is 9.87. The second-order valence-electron chi connectivity index (χ2n) is 7.29. The molecular weight excluding hydrogens is 462 g/mol. The Bertz CT molecular complexity index is 1270. The second kappa shape index (κ2) is 8.69. The lowest BCUT2D eigenvalue weighted by Crippen LogP contribution is -2.50. The molecule has 1 aliphatic heterocycles. The monoisotopic (exact) mass is 479 g/mol. The molecular formula is C22H17F4N3O5. The first-order chi connectivity index (χ1) is 16.1. The van der Waals surface area contributed by atoms with E-state index in [1.165, 1.54) is 31.5 Å². The summed E-state index contributed by atoms with van der Waals surface area (Å²) in [7, 11) is 1.38. The van der Waals surface area contributed by atoms with Crippen molar-refractivity contribution in [1.29, 1.82) is 0 Å². The van der Waals surface area contributed by atoms with E-state index in [1.54, 1.807) is 6.07 Å². The van der Waals surface area contributed by atoms with E-state index in [0.717, 1.165) is 18.2 Å². The molecule has 178 valence electrons. The van der Waals surface area contributed by atoms with Gasteiger partial charge in [0, 0.05) is 24.8 Å². The molecule has 1 unspecified atom stereocenters. The van der Waals surface area contributed by atoms with Crippen molar-refractivity contribution in [1.82, 2.24) is 15.3 Å². The molecule has 12 heteroatoms. The minimum Gasteiger partial charge on any atom is -0.491 e. The fourth-order valence-corrected chi connectivity index (χ4v) is 3.66. The Morgan fingerprint density at radius 2 is 2.00 bits per heavy atom. The van der Waals surface area contributed by atoms with Crippen molar-refractivity contribution in [2.45, 2.75) is 18.3 Å². The molecule has 2 N–H and O–H groups in total. The summed E-state index contributed by atoms with van der Waals surface area (Å²) in [6, 6.07) is 8.39. The van der Waals surface area contributed by atoms with E-state index in [0.29, 0.717) is 0 Å². The van der Waals surface area contributed by atoms with Crippen LogP contribution < -0.4 is 25.1 Å². The van der Waals surface area contributed by atoms with Crippen molar-refractivity contribution >= 4 is 5.91 Å². The normalized spacial score (nSPS) is 17.3. The van der Waals surface area contributed by atoms with Crippen molar-refractivity contribution in [3.05, 3.63) is 81.7 Å². The van der Waals surface area contributed by atoms with Gasteiger partial charge in [0.05, 0.1) is 19.3 Å². The summed E-state index contributed by atoms with van der Waals surface area (Å²) >= 11 is 0. The minimum atomic E-state index is -5.08. The van der Waals surface area contributed by atoms with Gasteiger partial charge in [0.15, 0.2) is 11.6 Å². The molecule has 1 aliphatic rings. The fraction of sp³-hybridized carbons (Fsp3) is 0.227. The molecule has 8 nitrogen and oxygen atoms in total. The van der Waals surface area contributed by atoms with Crippen LogP contribution in [0.25, 0.3) is 0 Å². The average molecular weight is 479 g/mol. The Kier molecular flexibility index (Phi) is 5.90. The maximum absolute atomic E-state index is 14.7. The third kappa shape index (κ3) is 4.51. The van der Waals surface area contributed by atoms with E-state index in [1.807, 2.05) is 0 Å². The first kappa shape index (κ1) is 23.1. The van der Waals surface area contributed by atoms with Crippen LogP contribution in [0.4, 0.5) is 17.6 Å². The Balaban J connectivity index is 1.85. The number of H-pyrrole nitrogens is 1. The first-order valence-corrected chi connectivity index (χ1v) is 9.87. The van der Waals surface area contributed by atoms with Gasteiger partial charge in [0.25, 0.3) is 5.91 Å². The molecule has 1 amide bonds. The van der Waals surface area contributed by atoms with Crippen LogP contribution in [0.5, 0.6) is 17.4 Å². The number of aromatic nitrogens is 2. The van der Waals surface area contributed by atoms with Crippen molar-refractivity contribution in [3.63, 3.8) is 0 Å². The zero-order chi connectivity index (χ0) is 24.5. The molecule has 1 aromatic carbocycles. The van der Waals surface area contributed by atoms with Gasteiger partial charge in [0.1, 0.15) is 17.0 Å². The molecule has 0 spiro atoms. The maximum atomic E-state index is 14.7. The number of fused-ring (bicyclic) bond motifs is 1. The lowest BCUT2D eigenvalue weighted by Gasteiger charge is -2.39. The molecule has 0 radical (unpaired) electrons. The molecule has 1 atom stereocenters. The van der Waals surface area contributed by atoms with Crippen LogP contribution in [0.2, 0.25) is 0 Å². The molecule has 0 saturated heterocycles. The van der Waals surface area contributed by atoms with Crippen LogP contribution in [-0.4, -0.2) is 36.0 Å². The second-order valence-corrected chi connectivity index (χ2v) is 7.29. The number of rotatable bonds is 5. The lowest BCUT2D eigenvalue weighted by molar-refractivity contribution is -0.275. The van der Waals surface area contributed by atoms with Crippen molar-refractivity contribution < 1.29 is 36.6 Å². The number of carbonyl (C=O) groups excluding carboxylic acids is 1. The van der Waals surface area contributed by atoms with Gasteiger partial charge in [-0.15, -0.1) is 13.2 Å². The smallest absolute Gasteiger partial charge is 0.491 e. The number of methoxy groups -OCH3 is 1. The number of nitrogens with one attached hydrogen (secondary N) is 2. The van der Waals surface area contributed by atoms with Crippen LogP contribution in [0, 0.1) is 5.82 Å². The highest BCUT2D eigenvalue weighted by Gasteiger charge is 2.44. The number of ether oxygens (including phenoxy) is 3. The third-order valence-electron chi connectivity index (χ3n) is 5.20. The predicted octanol–water partition coefficient (Wildman–Crippen LogP) is 3.27. The average Bonchev–Trinajstić information content (AvgIpc) is 2.80. The number of amides is 1. The van der Waals surface area contributed by atoms with Crippen molar-refractivity contribution in [2.75, 3.05) is 13.7 Å². The summed E-state index contributed by atoms with van der Waals surface area (Å²) in [6.45, 7) is 0.0787. The van der Waals surface area contributed by atoms with E-state index >= 15 is 0 Å². The van der Waals surface area contributed by atoms with Gasteiger partial charge in [-0.1, -0.05) is 6.07 Å². The molecule has 3 aromatic rings. The molecule has 0 saturated carbocycles. The fourth-order valence-electron chi connectivity index (χ4n) is 3.66. The van der Waals surface area contributed by atoms with Gasteiger partial charge in [-0.05, 0) is 29.8 Å². The largest absolute Gasteiger partial charge is 0.573 e. The van der Waals surface area contributed by atoms with Crippen molar-refractivity contribution in [2.24, 2.45) is 0 Å². The number of aromatic amines is 1. The minimum absolute atomic E-state index is 0.0637. The third-order valence-corrected chi connectivity index (χ3v) is 5.20. The van der Waals surface area contributed by atoms with Gasteiger partial charge >= 0.3 is 6.36 Å². The SMILES string of the molecule is COc1ccc2c(n1)C(NC(=O)c1ccc(=O)[nH]c1)(c1ccc(OC(F)(F)F)c(F)c1)CCO2. The zero-order valence-electron chi connectivity index (χ0n) is 17.5. The van der Waals surface area contributed by atoms with E-state index in [9.17, 15) is 27.2 Å². The Hall–Kier alpha value is -4.09. The summed E-state index contributed by atoms with van der Waals surface area (Å²) in [4.78, 5) is 31.2. The van der Waals surface area contributed by atoms with Crippen LogP contribution in [0.15, 0.2) is 53.5 Å². The highest BCUT2D eigenvalue weighted by molar-refractivity contribution is 5.94. The Morgan fingerprint density at radius 3 is 2.65 bits per heavy atom. The predicted molar refractivity (Wildman–Crippen MR) is 109 cm³/mol. The van der Waals surface area contributed by atoms with Gasteiger partial charge < -0.3 is 24.5 Å². The number of benzene rings is 1.